The molecule has 0 radical (unpaired) electrons. The second-order valence-corrected chi connectivity index (χ2v) is 6.75. The number of sulfonamides is 1. The quantitative estimate of drug-likeness (QED) is 0.722. The molecule has 0 aliphatic carbocycles. The van der Waals surface area contributed by atoms with E-state index in [1.807, 2.05) is 20.8 Å². The lowest BCUT2D eigenvalue weighted by Crippen LogP contribution is -2.32. The summed E-state index contributed by atoms with van der Waals surface area (Å²) in [5, 5.41) is 2.70. The summed E-state index contributed by atoms with van der Waals surface area (Å²) in [7, 11) is -3.52. The molecule has 1 amide bonds. The Morgan fingerprint density at radius 1 is 1.23 bits per heavy atom. The van der Waals surface area contributed by atoms with Crippen LogP contribution in [-0.4, -0.2) is 33.5 Å². The van der Waals surface area contributed by atoms with Crippen LogP contribution in [0.3, 0.4) is 0 Å². The Hall–Kier alpha value is -1.60. The second kappa shape index (κ2) is 8.75. The van der Waals surface area contributed by atoms with E-state index in [0.29, 0.717) is 18.7 Å². The molecule has 1 aromatic carbocycles. The first-order valence-electron chi connectivity index (χ1n) is 7.41. The van der Waals surface area contributed by atoms with Crippen LogP contribution in [0.1, 0.15) is 33.6 Å². The Kier molecular flexibility index (Phi) is 7.34. The first kappa shape index (κ1) is 18.4. The van der Waals surface area contributed by atoms with Crippen molar-refractivity contribution in [2.75, 3.05) is 13.2 Å². The average molecular weight is 328 g/mol. The van der Waals surface area contributed by atoms with Crippen molar-refractivity contribution in [2.24, 2.45) is 0 Å². The molecule has 0 unspecified atom stereocenters. The molecule has 0 aliphatic heterocycles. The molecule has 2 N–H and O–H groups in total. The highest BCUT2D eigenvalue weighted by atomic mass is 32.2. The van der Waals surface area contributed by atoms with Gasteiger partial charge < -0.3 is 10.1 Å². The van der Waals surface area contributed by atoms with Crippen LogP contribution in [0.5, 0.6) is 5.75 Å². The third kappa shape index (κ3) is 6.03. The van der Waals surface area contributed by atoms with E-state index in [0.717, 1.165) is 6.42 Å². The van der Waals surface area contributed by atoms with Crippen molar-refractivity contribution < 1.29 is 17.9 Å². The zero-order valence-electron chi connectivity index (χ0n) is 13.3. The Labute approximate surface area is 132 Å². The molecule has 0 saturated heterocycles. The smallest absolute Gasteiger partial charge is 0.257 e. The maximum absolute atomic E-state index is 12.1. The molecule has 124 valence electrons. The van der Waals surface area contributed by atoms with Gasteiger partial charge in [0.15, 0.2) is 6.61 Å². The number of hydrogen-bond acceptors (Lipinski definition) is 4. The standard InChI is InChI=1S/C15H24N2O4S/c1-4-10-16-15(18)11-21-13-6-8-14(9-7-13)22(19,20)17-12(3)5-2/h6-9,12,17H,4-5,10-11H2,1-3H3,(H,16,18)/t12-/m0/s1. The van der Waals surface area contributed by atoms with Crippen molar-refractivity contribution >= 4 is 15.9 Å². The Morgan fingerprint density at radius 2 is 1.86 bits per heavy atom. The normalized spacial score (nSPS) is 12.7. The van der Waals surface area contributed by atoms with Crippen LogP contribution < -0.4 is 14.8 Å². The zero-order valence-corrected chi connectivity index (χ0v) is 14.1. The molecule has 6 nitrogen and oxygen atoms in total. The summed E-state index contributed by atoms with van der Waals surface area (Å²) in [5.74, 6) is 0.256. The van der Waals surface area contributed by atoms with Gasteiger partial charge in [0, 0.05) is 12.6 Å². The van der Waals surface area contributed by atoms with Gasteiger partial charge in [-0.3, -0.25) is 4.79 Å². The van der Waals surface area contributed by atoms with Crippen LogP contribution in [0.2, 0.25) is 0 Å². The third-order valence-corrected chi connectivity index (χ3v) is 4.65. The predicted molar refractivity (Wildman–Crippen MR) is 85.3 cm³/mol. The van der Waals surface area contributed by atoms with Gasteiger partial charge in [-0.05, 0) is 44.0 Å². The largest absolute Gasteiger partial charge is 0.484 e. The van der Waals surface area contributed by atoms with E-state index in [-0.39, 0.29) is 23.5 Å². The molecule has 7 heteroatoms. The molecule has 1 atom stereocenters. The predicted octanol–water partition coefficient (Wildman–Crippen LogP) is 1.67. The van der Waals surface area contributed by atoms with E-state index >= 15 is 0 Å². The van der Waals surface area contributed by atoms with Gasteiger partial charge in [-0.15, -0.1) is 0 Å². The number of benzene rings is 1. The van der Waals surface area contributed by atoms with Gasteiger partial charge in [0.1, 0.15) is 5.75 Å². The molecule has 0 fully saturated rings. The van der Waals surface area contributed by atoms with Gasteiger partial charge >= 0.3 is 0 Å². The van der Waals surface area contributed by atoms with Crippen LogP contribution >= 0.6 is 0 Å². The topological polar surface area (TPSA) is 84.5 Å². The summed E-state index contributed by atoms with van der Waals surface area (Å²) in [6.45, 7) is 6.21. The maximum Gasteiger partial charge on any atom is 0.257 e. The number of nitrogens with one attached hydrogen (secondary N) is 2. The summed E-state index contributed by atoms with van der Waals surface area (Å²) in [6, 6.07) is 5.88. The lowest BCUT2D eigenvalue weighted by Gasteiger charge is -2.12. The van der Waals surface area contributed by atoms with Crippen molar-refractivity contribution in [3.8, 4) is 5.75 Å². The van der Waals surface area contributed by atoms with Crippen molar-refractivity contribution in [2.45, 2.75) is 44.6 Å². The highest BCUT2D eigenvalue weighted by Crippen LogP contribution is 2.16. The summed E-state index contributed by atoms with van der Waals surface area (Å²) >= 11 is 0. The second-order valence-electron chi connectivity index (χ2n) is 5.04. The average Bonchev–Trinajstić information content (AvgIpc) is 2.50. The van der Waals surface area contributed by atoms with Gasteiger partial charge in [0.25, 0.3) is 5.91 Å². The molecule has 0 heterocycles. The number of hydrogen-bond donors (Lipinski definition) is 2. The number of amides is 1. The van der Waals surface area contributed by atoms with Gasteiger partial charge in [0.05, 0.1) is 4.90 Å². The SMILES string of the molecule is CCCNC(=O)COc1ccc(S(=O)(=O)N[C@@H](C)CC)cc1. The fourth-order valence-electron chi connectivity index (χ4n) is 1.60. The van der Waals surface area contributed by atoms with Crippen molar-refractivity contribution in [1.29, 1.82) is 0 Å². The van der Waals surface area contributed by atoms with E-state index in [2.05, 4.69) is 10.0 Å². The number of carbonyl (C=O) groups excluding carboxylic acids is 1. The highest BCUT2D eigenvalue weighted by molar-refractivity contribution is 7.89. The van der Waals surface area contributed by atoms with Crippen molar-refractivity contribution in [3.05, 3.63) is 24.3 Å². The fourth-order valence-corrected chi connectivity index (χ4v) is 2.92. The molecule has 0 spiro atoms. The molecule has 0 aliphatic rings. The van der Waals surface area contributed by atoms with Crippen molar-refractivity contribution in [3.63, 3.8) is 0 Å². The summed E-state index contributed by atoms with van der Waals surface area (Å²) < 4.78 is 32.1. The lowest BCUT2D eigenvalue weighted by atomic mass is 10.3. The molecular weight excluding hydrogens is 304 g/mol. The van der Waals surface area contributed by atoms with Crippen LogP contribution in [-0.2, 0) is 14.8 Å². The first-order chi connectivity index (χ1) is 10.4. The van der Waals surface area contributed by atoms with Crippen LogP contribution in [0.25, 0.3) is 0 Å². The van der Waals surface area contributed by atoms with Gasteiger partial charge in [-0.2, -0.15) is 0 Å². The third-order valence-electron chi connectivity index (χ3n) is 3.04. The van der Waals surface area contributed by atoms with E-state index in [1.54, 1.807) is 0 Å². The minimum absolute atomic E-state index is 0.0861. The van der Waals surface area contributed by atoms with E-state index in [1.165, 1.54) is 24.3 Å². The molecule has 0 saturated carbocycles. The summed E-state index contributed by atoms with van der Waals surface area (Å²) in [4.78, 5) is 11.6. The fraction of sp³-hybridized carbons (Fsp3) is 0.533. The molecule has 0 bridgehead atoms. The number of ether oxygens (including phenoxy) is 1. The maximum atomic E-state index is 12.1. The minimum atomic E-state index is -3.52. The number of rotatable bonds is 9. The monoisotopic (exact) mass is 328 g/mol. The number of carbonyl (C=O) groups is 1. The van der Waals surface area contributed by atoms with Crippen molar-refractivity contribution in [1.82, 2.24) is 10.0 Å². The van der Waals surface area contributed by atoms with E-state index in [4.69, 9.17) is 4.74 Å². The lowest BCUT2D eigenvalue weighted by molar-refractivity contribution is -0.123. The first-order valence-corrected chi connectivity index (χ1v) is 8.89. The highest BCUT2D eigenvalue weighted by Gasteiger charge is 2.16. The van der Waals surface area contributed by atoms with E-state index < -0.39 is 10.0 Å². The van der Waals surface area contributed by atoms with Crippen LogP contribution in [0, 0.1) is 0 Å². The zero-order chi connectivity index (χ0) is 16.6. The summed E-state index contributed by atoms with van der Waals surface area (Å²) in [6.07, 6.45) is 1.58. The molecule has 22 heavy (non-hydrogen) atoms. The Balaban J connectivity index is 2.61. The van der Waals surface area contributed by atoms with Gasteiger partial charge in [-0.1, -0.05) is 13.8 Å². The van der Waals surface area contributed by atoms with Gasteiger partial charge in [-0.25, -0.2) is 13.1 Å². The van der Waals surface area contributed by atoms with E-state index in [9.17, 15) is 13.2 Å². The van der Waals surface area contributed by atoms with Crippen LogP contribution in [0.4, 0.5) is 0 Å². The summed E-state index contributed by atoms with van der Waals surface area (Å²) in [5.41, 5.74) is 0. The minimum Gasteiger partial charge on any atom is -0.484 e. The molecule has 1 aromatic rings. The molecule has 0 aromatic heterocycles. The molecular formula is C15H24N2O4S. The van der Waals surface area contributed by atoms with Crippen LogP contribution in [0.15, 0.2) is 29.2 Å². The van der Waals surface area contributed by atoms with Gasteiger partial charge in [0.2, 0.25) is 10.0 Å². The Morgan fingerprint density at radius 3 is 2.41 bits per heavy atom. The molecule has 1 rings (SSSR count). The Bertz CT molecular complexity index is 570.